The molecule has 0 aliphatic rings. The maximum atomic E-state index is 12.1. The summed E-state index contributed by atoms with van der Waals surface area (Å²) in [5, 5.41) is 3.63. The number of aromatic nitrogens is 2. The first kappa shape index (κ1) is 16.6. The molecule has 5 heteroatoms. The van der Waals surface area contributed by atoms with Crippen LogP contribution in [0.2, 0.25) is 0 Å². The van der Waals surface area contributed by atoms with Crippen molar-refractivity contribution in [1.29, 1.82) is 0 Å². The van der Waals surface area contributed by atoms with E-state index in [9.17, 15) is 4.79 Å². The van der Waals surface area contributed by atoms with E-state index < -0.39 is 0 Å². The Kier molecular flexibility index (Phi) is 5.66. The van der Waals surface area contributed by atoms with E-state index in [1.165, 1.54) is 17.3 Å². The predicted molar refractivity (Wildman–Crippen MR) is 91.5 cm³/mol. The molecule has 22 heavy (non-hydrogen) atoms. The lowest BCUT2D eigenvalue weighted by Crippen LogP contribution is -2.33. The number of hydrogen-bond acceptors (Lipinski definition) is 3. The van der Waals surface area contributed by atoms with Gasteiger partial charge in [0.1, 0.15) is 0 Å². The maximum Gasteiger partial charge on any atom is 0.233 e. The van der Waals surface area contributed by atoms with Crippen molar-refractivity contribution >= 4 is 17.7 Å². The smallest absolute Gasteiger partial charge is 0.233 e. The highest BCUT2D eigenvalue weighted by atomic mass is 32.2. The van der Waals surface area contributed by atoms with Crippen LogP contribution in [0.25, 0.3) is 5.69 Å². The highest BCUT2D eigenvalue weighted by Crippen LogP contribution is 2.25. The van der Waals surface area contributed by atoms with Gasteiger partial charge in [-0.25, -0.2) is 4.98 Å². The number of benzene rings is 1. The highest BCUT2D eigenvalue weighted by Gasteiger charge is 2.18. The number of aryl methyl sites for hydroxylation is 1. The molecule has 1 heterocycles. The van der Waals surface area contributed by atoms with Crippen LogP contribution < -0.4 is 5.32 Å². The number of thioether (sulfide) groups is 1. The van der Waals surface area contributed by atoms with Crippen molar-refractivity contribution < 1.29 is 4.79 Å². The minimum atomic E-state index is -0.177. The van der Waals surface area contributed by atoms with Gasteiger partial charge in [-0.05, 0) is 31.4 Å². The van der Waals surface area contributed by atoms with E-state index in [1.807, 2.05) is 29.8 Å². The topological polar surface area (TPSA) is 46.9 Å². The fraction of sp³-hybridized carbons (Fsp3) is 0.412. The van der Waals surface area contributed by atoms with Gasteiger partial charge in [0.05, 0.1) is 10.9 Å². The average molecular weight is 317 g/mol. The Labute approximate surface area is 136 Å². The van der Waals surface area contributed by atoms with E-state index in [0.717, 1.165) is 10.8 Å². The summed E-state index contributed by atoms with van der Waals surface area (Å²) < 4.78 is 2.03. The number of para-hydroxylation sites is 1. The second kappa shape index (κ2) is 7.49. The fourth-order valence-electron chi connectivity index (χ4n) is 2.05. The molecular formula is C17H23N3OS. The van der Waals surface area contributed by atoms with Gasteiger partial charge in [-0.2, -0.15) is 0 Å². The molecule has 1 aromatic carbocycles. The molecule has 4 nitrogen and oxygen atoms in total. The average Bonchev–Trinajstić information content (AvgIpc) is 2.93. The molecule has 0 spiro atoms. The molecular weight excluding hydrogens is 294 g/mol. The molecule has 2 rings (SSSR count). The van der Waals surface area contributed by atoms with Crippen molar-refractivity contribution in [1.82, 2.24) is 14.9 Å². The van der Waals surface area contributed by atoms with E-state index >= 15 is 0 Å². The predicted octanol–water partition coefficient (Wildman–Crippen LogP) is 3.43. The molecule has 0 fully saturated rings. The van der Waals surface area contributed by atoms with Crippen molar-refractivity contribution in [3.8, 4) is 5.69 Å². The molecule has 0 bridgehead atoms. The number of nitrogens with one attached hydrogen (secondary N) is 1. The van der Waals surface area contributed by atoms with Gasteiger partial charge in [0.15, 0.2) is 5.16 Å². The quantitative estimate of drug-likeness (QED) is 0.830. The summed E-state index contributed by atoms with van der Waals surface area (Å²) in [6, 6.07) is 8.16. The molecule has 0 saturated carbocycles. The first-order valence-corrected chi connectivity index (χ1v) is 8.40. The van der Waals surface area contributed by atoms with Crippen LogP contribution in [-0.2, 0) is 4.79 Å². The Bertz CT molecular complexity index is 636. The number of carbonyl (C=O) groups excluding carboxylic acids is 1. The standard InChI is InChI=1S/C17H23N3OS/c1-12(2)11-19-16(21)14(4)22-17-18-9-10-20(17)15-8-6-5-7-13(15)3/h5-10,12,14H,11H2,1-4H3,(H,19,21). The molecule has 0 aliphatic carbocycles. The normalized spacial score (nSPS) is 12.4. The number of amides is 1. The Hall–Kier alpha value is -1.75. The molecule has 118 valence electrons. The van der Waals surface area contributed by atoms with Crippen molar-refractivity contribution in [2.24, 2.45) is 5.92 Å². The van der Waals surface area contributed by atoms with Crippen molar-refractivity contribution in [2.75, 3.05) is 6.54 Å². The fourth-order valence-corrected chi connectivity index (χ4v) is 2.96. The highest BCUT2D eigenvalue weighted by molar-refractivity contribution is 8.00. The van der Waals surface area contributed by atoms with Gasteiger partial charge in [-0.15, -0.1) is 0 Å². The lowest BCUT2D eigenvalue weighted by atomic mass is 10.2. The van der Waals surface area contributed by atoms with Crippen LogP contribution >= 0.6 is 11.8 Å². The lowest BCUT2D eigenvalue weighted by molar-refractivity contribution is -0.120. The zero-order valence-corrected chi connectivity index (χ0v) is 14.4. The van der Waals surface area contributed by atoms with Crippen molar-refractivity contribution in [3.63, 3.8) is 0 Å². The first-order chi connectivity index (χ1) is 10.5. The van der Waals surface area contributed by atoms with Crippen LogP contribution in [0.3, 0.4) is 0 Å². The number of imidazole rings is 1. The monoisotopic (exact) mass is 317 g/mol. The molecule has 2 aromatic rings. The summed E-state index contributed by atoms with van der Waals surface area (Å²) in [5.74, 6) is 0.508. The SMILES string of the molecule is Cc1ccccc1-n1ccnc1SC(C)C(=O)NCC(C)C. The minimum Gasteiger partial charge on any atom is -0.355 e. The summed E-state index contributed by atoms with van der Waals surface area (Å²) >= 11 is 1.48. The first-order valence-electron chi connectivity index (χ1n) is 7.52. The molecule has 0 radical (unpaired) electrons. The van der Waals surface area contributed by atoms with Crippen LogP contribution in [0, 0.1) is 12.8 Å². The van der Waals surface area contributed by atoms with Crippen molar-refractivity contribution in [3.05, 3.63) is 42.2 Å². The molecule has 1 atom stereocenters. The van der Waals surface area contributed by atoms with Gasteiger partial charge in [0.2, 0.25) is 5.91 Å². The molecule has 1 unspecified atom stereocenters. The maximum absolute atomic E-state index is 12.1. The Balaban J connectivity index is 2.10. The Morgan fingerprint density at radius 3 is 2.73 bits per heavy atom. The molecule has 0 saturated heterocycles. The summed E-state index contributed by atoms with van der Waals surface area (Å²) in [4.78, 5) is 16.5. The second-order valence-electron chi connectivity index (χ2n) is 5.77. The second-order valence-corrected chi connectivity index (χ2v) is 7.07. The third kappa shape index (κ3) is 4.13. The van der Waals surface area contributed by atoms with Crippen LogP contribution in [0.1, 0.15) is 26.3 Å². The third-order valence-electron chi connectivity index (χ3n) is 3.32. The summed E-state index contributed by atoms with van der Waals surface area (Å²) in [5.41, 5.74) is 2.27. The van der Waals surface area contributed by atoms with E-state index in [0.29, 0.717) is 12.5 Å². The minimum absolute atomic E-state index is 0.0537. The van der Waals surface area contributed by atoms with Crippen molar-refractivity contribution in [2.45, 2.75) is 38.1 Å². The lowest BCUT2D eigenvalue weighted by Gasteiger charge is -2.15. The van der Waals surface area contributed by atoms with E-state index in [-0.39, 0.29) is 11.2 Å². The van der Waals surface area contributed by atoms with Crippen LogP contribution in [0.4, 0.5) is 0 Å². The summed E-state index contributed by atoms with van der Waals surface area (Å²) in [6.45, 7) is 8.86. The van der Waals surface area contributed by atoms with E-state index in [2.05, 4.69) is 43.2 Å². The van der Waals surface area contributed by atoms with Gasteiger partial charge < -0.3 is 5.32 Å². The van der Waals surface area contributed by atoms with Gasteiger partial charge in [0.25, 0.3) is 0 Å². The number of nitrogens with zero attached hydrogens (tertiary/aromatic N) is 2. The van der Waals surface area contributed by atoms with Gasteiger partial charge >= 0.3 is 0 Å². The Morgan fingerprint density at radius 2 is 2.05 bits per heavy atom. The zero-order chi connectivity index (χ0) is 16.1. The van der Waals surface area contributed by atoms with Gasteiger partial charge in [-0.3, -0.25) is 9.36 Å². The van der Waals surface area contributed by atoms with Crippen LogP contribution in [0.15, 0.2) is 41.8 Å². The molecule has 1 aromatic heterocycles. The van der Waals surface area contributed by atoms with Crippen LogP contribution in [0.5, 0.6) is 0 Å². The number of hydrogen-bond donors (Lipinski definition) is 1. The van der Waals surface area contributed by atoms with E-state index in [1.54, 1.807) is 6.20 Å². The number of carbonyl (C=O) groups is 1. The van der Waals surface area contributed by atoms with Crippen LogP contribution in [-0.4, -0.2) is 27.3 Å². The molecule has 1 N–H and O–H groups in total. The zero-order valence-electron chi connectivity index (χ0n) is 13.5. The Morgan fingerprint density at radius 1 is 1.32 bits per heavy atom. The van der Waals surface area contributed by atoms with E-state index in [4.69, 9.17) is 0 Å². The third-order valence-corrected chi connectivity index (χ3v) is 4.40. The molecule has 1 amide bonds. The largest absolute Gasteiger partial charge is 0.355 e. The van der Waals surface area contributed by atoms with Gasteiger partial charge in [0, 0.05) is 18.9 Å². The van der Waals surface area contributed by atoms with Gasteiger partial charge in [-0.1, -0.05) is 43.8 Å². The number of rotatable bonds is 6. The summed E-state index contributed by atoms with van der Waals surface area (Å²) in [7, 11) is 0. The molecule has 0 aliphatic heterocycles. The summed E-state index contributed by atoms with van der Waals surface area (Å²) in [6.07, 6.45) is 3.71.